The summed E-state index contributed by atoms with van der Waals surface area (Å²) in [4.78, 5) is 9.15. The molecule has 5 heteroatoms. The molecule has 233 valence electrons. The summed E-state index contributed by atoms with van der Waals surface area (Å²) in [6.45, 7) is 11.7. The van der Waals surface area contributed by atoms with E-state index < -0.39 is 8.07 Å². The maximum atomic E-state index is 6.35. The van der Waals surface area contributed by atoms with E-state index >= 15 is 0 Å². The van der Waals surface area contributed by atoms with E-state index in [0.717, 1.165) is 62.0 Å². The Morgan fingerprint density at radius 1 is 0.717 bits per heavy atom. The molecule has 3 nitrogen and oxygen atoms in total. The number of furan rings is 1. The van der Waals surface area contributed by atoms with Crippen molar-refractivity contribution in [3.63, 3.8) is 0 Å². The number of rotatable bonds is 6. The minimum atomic E-state index is -1.34. The molecule has 0 spiro atoms. The van der Waals surface area contributed by atoms with Crippen LogP contribution in [-0.2, 0) is 26.5 Å². The third kappa shape index (κ3) is 7.29. The van der Waals surface area contributed by atoms with E-state index in [2.05, 4.69) is 110 Å². The normalized spacial score (nSPS) is 11.3. The predicted octanol–water partition coefficient (Wildman–Crippen LogP) is 10.4. The molecule has 0 atom stereocenters. The van der Waals surface area contributed by atoms with Crippen LogP contribution in [0.4, 0.5) is 0 Å². The summed E-state index contributed by atoms with van der Waals surface area (Å²) in [6, 6.07) is 43.4. The second-order valence-electron chi connectivity index (χ2n) is 12.8. The van der Waals surface area contributed by atoms with E-state index in [4.69, 9.17) is 4.42 Å². The van der Waals surface area contributed by atoms with E-state index in [0.29, 0.717) is 5.92 Å². The number of nitrogens with zero attached hydrogens (tertiary/aromatic N) is 2. The van der Waals surface area contributed by atoms with Gasteiger partial charge in [-0.1, -0.05) is 117 Å². The minimum Gasteiger partial charge on any atom is -0.500 e. The van der Waals surface area contributed by atoms with Gasteiger partial charge in [-0.15, -0.1) is 54.1 Å². The van der Waals surface area contributed by atoms with Gasteiger partial charge in [0.2, 0.25) is 0 Å². The first-order valence-electron chi connectivity index (χ1n) is 15.6. The van der Waals surface area contributed by atoms with E-state index in [1.54, 1.807) is 6.20 Å². The first kappa shape index (κ1) is 33.2. The Morgan fingerprint density at radius 2 is 1.48 bits per heavy atom. The number of aromatic nitrogens is 2. The molecule has 0 bridgehead atoms. The second-order valence-corrected chi connectivity index (χ2v) is 17.9. The quantitative estimate of drug-likeness (QED) is 0.124. The predicted molar refractivity (Wildman–Crippen MR) is 191 cm³/mol. The molecule has 3 heterocycles. The van der Waals surface area contributed by atoms with Gasteiger partial charge >= 0.3 is 0 Å². The van der Waals surface area contributed by atoms with Crippen LogP contribution >= 0.6 is 0 Å². The van der Waals surface area contributed by atoms with Gasteiger partial charge in [0.05, 0.1) is 13.7 Å². The number of fused-ring (bicyclic) bond motifs is 3. The maximum Gasteiger partial charge on any atom is 0.128 e. The van der Waals surface area contributed by atoms with Crippen LogP contribution < -0.4 is 5.19 Å². The molecule has 3 aromatic heterocycles. The van der Waals surface area contributed by atoms with Crippen LogP contribution in [0.2, 0.25) is 19.6 Å². The van der Waals surface area contributed by atoms with Crippen LogP contribution in [0.3, 0.4) is 0 Å². The Morgan fingerprint density at radius 3 is 2.17 bits per heavy atom. The van der Waals surface area contributed by atoms with Gasteiger partial charge < -0.3 is 14.4 Å². The van der Waals surface area contributed by atoms with E-state index in [9.17, 15) is 0 Å². The first-order chi connectivity index (χ1) is 21.8. The molecule has 7 rings (SSSR count). The molecule has 0 saturated heterocycles. The van der Waals surface area contributed by atoms with Gasteiger partial charge in [-0.3, -0.25) is 0 Å². The van der Waals surface area contributed by atoms with Crippen molar-refractivity contribution >= 4 is 35.2 Å². The Bertz CT molecular complexity index is 1940. The fraction of sp³-hybridized carbons (Fsp3) is 0.171. The average molecular weight is 795 g/mol. The molecular formula is C41H38IrN2OSi-2. The topological polar surface area (TPSA) is 38.9 Å². The zero-order chi connectivity index (χ0) is 31.4. The van der Waals surface area contributed by atoms with Crippen molar-refractivity contribution in [3.05, 3.63) is 139 Å². The number of hydrogen-bond donors (Lipinski definition) is 0. The fourth-order valence-electron chi connectivity index (χ4n) is 5.79. The molecule has 0 aliphatic rings. The molecule has 0 aliphatic carbocycles. The molecule has 1 radical (unpaired) electrons. The smallest absolute Gasteiger partial charge is 0.128 e. The Labute approximate surface area is 287 Å². The van der Waals surface area contributed by atoms with Gasteiger partial charge in [-0.05, 0) is 40.5 Å². The van der Waals surface area contributed by atoms with Crippen LogP contribution in [0.25, 0.3) is 55.6 Å². The molecule has 0 amide bonds. The summed E-state index contributed by atoms with van der Waals surface area (Å²) in [7, 11) is -1.34. The number of hydrogen-bond acceptors (Lipinski definition) is 3. The third-order valence-electron chi connectivity index (χ3n) is 7.88. The van der Waals surface area contributed by atoms with Gasteiger partial charge in [0.25, 0.3) is 0 Å². The molecular weight excluding hydrogens is 757 g/mol. The summed E-state index contributed by atoms with van der Waals surface area (Å²) in [5.41, 5.74) is 9.35. The molecule has 0 unspecified atom stereocenters. The van der Waals surface area contributed by atoms with Crippen molar-refractivity contribution in [3.8, 4) is 33.6 Å². The Kier molecular flexibility index (Phi) is 10.5. The van der Waals surface area contributed by atoms with Crippen LogP contribution in [0.5, 0.6) is 0 Å². The standard InChI is InChI=1S/C23H14NO.C18H24NSi.Ir/c1-2-8-16(9-3-1)17-10-6-11-18-19-12-7-13-20(23(19)25-22(17)18)21-14-4-5-15-24-21;1-14(2)11-16-12-17(15-9-7-6-8-10-15)19-13-18(16)20(3,4)5;/h1-12,14-15H;6-9,12-14H,11H2,1-5H3;/q2*-1;. The second kappa shape index (κ2) is 14.5. The molecule has 4 aromatic carbocycles. The summed E-state index contributed by atoms with van der Waals surface area (Å²) in [6.07, 6.45) is 5.03. The van der Waals surface area contributed by atoms with Crippen LogP contribution in [0.1, 0.15) is 19.4 Å². The summed E-state index contributed by atoms with van der Waals surface area (Å²) in [5.74, 6) is 0.667. The number of pyridine rings is 2. The van der Waals surface area contributed by atoms with Crippen LogP contribution in [0.15, 0.2) is 126 Å². The summed E-state index contributed by atoms with van der Waals surface area (Å²) >= 11 is 0. The fourth-order valence-corrected chi connectivity index (χ4v) is 7.38. The van der Waals surface area contributed by atoms with Gasteiger partial charge in [0, 0.05) is 43.4 Å². The van der Waals surface area contributed by atoms with E-state index in [1.165, 1.54) is 10.8 Å². The average Bonchev–Trinajstić information content (AvgIpc) is 3.45. The van der Waals surface area contributed by atoms with E-state index in [-0.39, 0.29) is 20.1 Å². The van der Waals surface area contributed by atoms with Gasteiger partial charge in [-0.2, -0.15) is 0 Å². The summed E-state index contributed by atoms with van der Waals surface area (Å²) < 4.78 is 6.35. The van der Waals surface area contributed by atoms with Crippen molar-refractivity contribution in [2.45, 2.75) is 39.9 Å². The third-order valence-corrected chi connectivity index (χ3v) is 9.94. The zero-order valence-electron chi connectivity index (χ0n) is 27.0. The number of para-hydroxylation sites is 1. The van der Waals surface area contributed by atoms with Crippen molar-refractivity contribution in [1.82, 2.24) is 9.97 Å². The van der Waals surface area contributed by atoms with Crippen LogP contribution in [-0.4, -0.2) is 18.0 Å². The Hall–Kier alpha value is -4.15. The van der Waals surface area contributed by atoms with Gasteiger partial charge in [0.15, 0.2) is 0 Å². The molecule has 0 aliphatic heterocycles. The van der Waals surface area contributed by atoms with Gasteiger partial charge in [0.1, 0.15) is 5.58 Å². The monoisotopic (exact) mass is 795 g/mol. The zero-order valence-corrected chi connectivity index (χ0v) is 30.4. The largest absolute Gasteiger partial charge is 0.500 e. The van der Waals surface area contributed by atoms with Crippen LogP contribution in [0, 0.1) is 18.1 Å². The van der Waals surface area contributed by atoms with Crippen molar-refractivity contribution in [2.75, 3.05) is 0 Å². The first-order valence-corrected chi connectivity index (χ1v) is 19.1. The number of benzene rings is 4. The maximum absolute atomic E-state index is 6.35. The Balaban J connectivity index is 0.000000182. The molecule has 0 N–H and O–H groups in total. The summed E-state index contributed by atoms with van der Waals surface area (Å²) in [5, 5.41) is 3.69. The minimum absolute atomic E-state index is 0. The molecule has 46 heavy (non-hydrogen) atoms. The van der Waals surface area contributed by atoms with Crippen molar-refractivity contribution < 1.29 is 24.5 Å². The molecule has 0 saturated carbocycles. The van der Waals surface area contributed by atoms with Gasteiger partial charge in [-0.25, -0.2) is 0 Å². The van der Waals surface area contributed by atoms with E-state index in [1.807, 2.05) is 60.7 Å². The molecule has 0 fully saturated rings. The van der Waals surface area contributed by atoms with Crippen molar-refractivity contribution in [2.24, 2.45) is 5.92 Å². The molecule has 7 aromatic rings. The van der Waals surface area contributed by atoms with Crippen molar-refractivity contribution in [1.29, 1.82) is 0 Å². The SMILES string of the molecule is CC(C)Cc1cc(-c2[c-]cccc2)ncc1[Si](C)(C)C.[Ir].[c-]1ccc2c(oc3c(-c4ccccc4)cccc32)c1-c1ccccn1.